The van der Waals surface area contributed by atoms with Crippen LogP contribution in [0.25, 0.3) is 5.65 Å². The van der Waals surface area contributed by atoms with E-state index in [-0.39, 0.29) is 16.9 Å². The van der Waals surface area contributed by atoms with Crippen LogP contribution in [0.15, 0.2) is 58.6 Å². The molecule has 2 aromatic heterocycles. The summed E-state index contributed by atoms with van der Waals surface area (Å²) < 4.78 is 1.46. The Balaban J connectivity index is 1.69. The maximum atomic E-state index is 13.0. The molecule has 148 valence electrons. The van der Waals surface area contributed by atoms with Gasteiger partial charge in [0, 0.05) is 19.3 Å². The summed E-state index contributed by atoms with van der Waals surface area (Å²) in [7, 11) is 0. The highest BCUT2D eigenvalue weighted by Crippen LogP contribution is 2.20. The second-order valence-electron chi connectivity index (χ2n) is 6.85. The molecule has 2 N–H and O–H groups in total. The Bertz CT molecular complexity index is 1130. The van der Waals surface area contributed by atoms with Gasteiger partial charge in [-0.15, -0.1) is 0 Å². The van der Waals surface area contributed by atoms with Crippen molar-refractivity contribution in [3.05, 3.63) is 70.1 Å². The minimum atomic E-state index is -0.562. The smallest absolute Gasteiger partial charge is 0.275 e. The fraction of sp³-hybridized carbons (Fsp3) is 0.238. The lowest BCUT2D eigenvalue weighted by Crippen LogP contribution is -2.34. The molecule has 1 aliphatic rings. The Morgan fingerprint density at radius 1 is 1.10 bits per heavy atom. The number of fused-ring (bicyclic) bond motifs is 1. The molecule has 0 unspecified atom stereocenters. The van der Waals surface area contributed by atoms with Crippen LogP contribution in [0, 0.1) is 0 Å². The Labute approximate surface area is 167 Å². The molecule has 1 aliphatic heterocycles. The average molecular weight is 391 g/mol. The normalized spacial score (nSPS) is 14.4. The molecular formula is C21H21N5O3. The van der Waals surface area contributed by atoms with Crippen molar-refractivity contribution in [1.82, 2.24) is 14.8 Å². The van der Waals surface area contributed by atoms with Gasteiger partial charge in [-0.25, -0.2) is 10.4 Å². The first-order valence-corrected chi connectivity index (χ1v) is 9.53. The molecule has 0 saturated carbocycles. The number of hydrogen-bond donors (Lipinski definition) is 2. The van der Waals surface area contributed by atoms with Gasteiger partial charge in [-0.2, -0.15) is 5.10 Å². The number of hydrazone groups is 1. The van der Waals surface area contributed by atoms with E-state index in [9.17, 15) is 14.7 Å². The van der Waals surface area contributed by atoms with E-state index in [1.807, 2.05) is 6.07 Å². The van der Waals surface area contributed by atoms with E-state index in [1.54, 1.807) is 30.5 Å². The summed E-state index contributed by atoms with van der Waals surface area (Å²) in [4.78, 5) is 32.1. The zero-order valence-corrected chi connectivity index (χ0v) is 15.8. The van der Waals surface area contributed by atoms with E-state index in [2.05, 4.69) is 20.4 Å². The van der Waals surface area contributed by atoms with E-state index >= 15 is 0 Å². The molecular weight excluding hydrogens is 370 g/mol. The van der Waals surface area contributed by atoms with Crippen molar-refractivity contribution < 1.29 is 9.90 Å². The largest absolute Gasteiger partial charge is 0.507 e. The van der Waals surface area contributed by atoms with Crippen molar-refractivity contribution in [2.75, 3.05) is 18.0 Å². The minimum absolute atomic E-state index is 0.106. The van der Waals surface area contributed by atoms with Gasteiger partial charge in [-0.05, 0) is 43.5 Å². The summed E-state index contributed by atoms with van der Waals surface area (Å²) in [6.07, 6.45) is 6.22. The number of rotatable bonds is 4. The van der Waals surface area contributed by atoms with Crippen LogP contribution >= 0.6 is 0 Å². The van der Waals surface area contributed by atoms with Crippen molar-refractivity contribution in [3.8, 4) is 5.75 Å². The SMILES string of the molecule is O=C(N/N=C/c1c(N2CCCCC2)nc2ccccn2c1=O)c1ccccc1O. The van der Waals surface area contributed by atoms with Gasteiger partial charge in [0.15, 0.2) is 0 Å². The maximum Gasteiger partial charge on any atom is 0.275 e. The van der Waals surface area contributed by atoms with Crippen LogP contribution in [0.3, 0.4) is 0 Å². The van der Waals surface area contributed by atoms with E-state index in [0.717, 1.165) is 32.4 Å². The lowest BCUT2D eigenvalue weighted by Gasteiger charge is -2.28. The summed E-state index contributed by atoms with van der Waals surface area (Å²) >= 11 is 0. The molecule has 0 spiro atoms. The monoisotopic (exact) mass is 391 g/mol. The number of nitrogens with one attached hydrogen (secondary N) is 1. The number of pyridine rings is 1. The first kappa shape index (κ1) is 18.7. The molecule has 4 rings (SSSR count). The maximum absolute atomic E-state index is 13.0. The highest BCUT2D eigenvalue weighted by Gasteiger charge is 2.19. The predicted molar refractivity (Wildman–Crippen MR) is 111 cm³/mol. The molecule has 0 bridgehead atoms. The molecule has 0 radical (unpaired) electrons. The van der Waals surface area contributed by atoms with Crippen molar-refractivity contribution in [1.29, 1.82) is 0 Å². The summed E-state index contributed by atoms with van der Waals surface area (Å²) in [5.41, 5.74) is 3.10. The number of anilines is 1. The predicted octanol–water partition coefficient (Wildman–Crippen LogP) is 2.15. The van der Waals surface area contributed by atoms with Gasteiger partial charge in [0.2, 0.25) is 0 Å². The molecule has 8 heteroatoms. The molecule has 1 fully saturated rings. The number of hydrogen-bond acceptors (Lipinski definition) is 6. The van der Waals surface area contributed by atoms with Gasteiger partial charge in [0.25, 0.3) is 11.5 Å². The van der Waals surface area contributed by atoms with Crippen molar-refractivity contribution in [3.63, 3.8) is 0 Å². The molecule has 1 aromatic carbocycles. The van der Waals surface area contributed by atoms with Gasteiger partial charge in [-0.1, -0.05) is 18.2 Å². The van der Waals surface area contributed by atoms with Gasteiger partial charge < -0.3 is 10.0 Å². The molecule has 0 aliphatic carbocycles. The first-order chi connectivity index (χ1) is 14.1. The highest BCUT2D eigenvalue weighted by molar-refractivity contribution is 5.97. The average Bonchev–Trinajstić information content (AvgIpc) is 2.76. The van der Waals surface area contributed by atoms with Gasteiger partial charge in [0.1, 0.15) is 22.8 Å². The fourth-order valence-corrected chi connectivity index (χ4v) is 3.43. The van der Waals surface area contributed by atoms with Crippen molar-refractivity contribution >= 4 is 23.6 Å². The van der Waals surface area contributed by atoms with Gasteiger partial charge in [-0.3, -0.25) is 14.0 Å². The standard InChI is InChI=1S/C21H21N5O3/c27-17-9-3-2-8-15(17)20(28)24-22-14-16-19(25-11-5-1-6-12-25)23-18-10-4-7-13-26(18)21(16)29/h2-4,7-10,13-14,27H,1,5-6,11-12H2,(H,24,28)/b22-14+. The molecule has 1 saturated heterocycles. The molecule has 1 amide bonds. The number of phenols is 1. The van der Waals surface area contributed by atoms with Gasteiger partial charge in [0.05, 0.1) is 11.8 Å². The number of aromatic nitrogens is 2. The Hall–Kier alpha value is -3.68. The Morgan fingerprint density at radius 2 is 1.86 bits per heavy atom. The van der Waals surface area contributed by atoms with Crippen LogP contribution in [-0.4, -0.2) is 39.7 Å². The number of benzene rings is 1. The van der Waals surface area contributed by atoms with Crippen LogP contribution in [0.1, 0.15) is 35.2 Å². The summed E-state index contributed by atoms with van der Waals surface area (Å²) in [5.74, 6) is -0.129. The second-order valence-corrected chi connectivity index (χ2v) is 6.85. The van der Waals surface area contributed by atoms with E-state index < -0.39 is 5.91 Å². The number of amides is 1. The number of phenolic OH excluding ortho intramolecular Hbond substituents is 1. The molecule has 8 nitrogen and oxygen atoms in total. The molecule has 29 heavy (non-hydrogen) atoms. The van der Waals surface area contributed by atoms with Crippen LogP contribution in [0.5, 0.6) is 5.75 Å². The molecule has 0 atom stereocenters. The summed E-state index contributed by atoms with van der Waals surface area (Å²) in [5, 5.41) is 13.8. The van der Waals surface area contributed by atoms with E-state index in [0.29, 0.717) is 17.0 Å². The third-order valence-corrected chi connectivity index (χ3v) is 4.91. The first-order valence-electron chi connectivity index (χ1n) is 9.53. The fourth-order valence-electron chi connectivity index (χ4n) is 3.43. The van der Waals surface area contributed by atoms with Crippen LogP contribution < -0.4 is 15.9 Å². The molecule has 3 aromatic rings. The Morgan fingerprint density at radius 3 is 2.66 bits per heavy atom. The zero-order chi connectivity index (χ0) is 20.2. The number of carbonyl (C=O) groups excluding carboxylic acids is 1. The second kappa shape index (κ2) is 8.14. The third-order valence-electron chi connectivity index (χ3n) is 4.91. The lowest BCUT2D eigenvalue weighted by molar-refractivity contribution is 0.0952. The van der Waals surface area contributed by atoms with Crippen LogP contribution in [0.2, 0.25) is 0 Å². The van der Waals surface area contributed by atoms with E-state index in [1.165, 1.54) is 22.7 Å². The topological polar surface area (TPSA) is 99.3 Å². The summed E-state index contributed by atoms with van der Waals surface area (Å²) in [6.45, 7) is 1.64. The minimum Gasteiger partial charge on any atom is -0.507 e. The zero-order valence-electron chi connectivity index (χ0n) is 15.8. The molecule has 3 heterocycles. The van der Waals surface area contributed by atoms with Crippen LogP contribution in [-0.2, 0) is 0 Å². The van der Waals surface area contributed by atoms with Crippen molar-refractivity contribution in [2.24, 2.45) is 5.10 Å². The number of aromatic hydroxyl groups is 1. The van der Waals surface area contributed by atoms with Gasteiger partial charge >= 0.3 is 0 Å². The quantitative estimate of drug-likeness (QED) is 0.524. The number of piperidine rings is 1. The van der Waals surface area contributed by atoms with Crippen molar-refractivity contribution in [2.45, 2.75) is 19.3 Å². The number of carbonyl (C=O) groups is 1. The highest BCUT2D eigenvalue weighted by atomic mass is 16.3. The summed E-state index contributed by atoms with van der Waals surface area (Å²) in [6, 6.07) is 11.6. The lowest BCUT2D eigenvalue weighted by atomic mass is 10.1. The number of nitrogens with zero attached hydrogens (tertiary/aromatic N) is 4. The van der Waals surface area contributed by atoms with Crippen LogP contribution in [0.4, 0.5) is 5.82 Å². The third kappa shape index (κ3) is 3.82. The number of para-hydroxylation sites is 1. The van der Waals surface area contributed by atoms with E-state index in [4.69, 9.17) is 0 Å². The Kier molecular flexibility index (Phi) is 5.24.